The molecule has 0 saturated heterocycles. The zero-order chi connectivity index (χ0) is 16.2. The van der Waals surface area contributed by atoms with Crippen LogP contribution in [0.1, 0.15) is 11.1 Å². The standard InChI is InChI=1S/C16H15Cl2NO2S/c1-19(12-14-4-8-16(18)9-5-14)22(20,21)11-10-13-2-6-15(17)7-3-13/h2-11H,12H2,1H3. The first kappa shape index (κ1) is 17.0. The van der Waals surface area contributed by atoms with Gasteiger partial charge in [-0.05, 0) is 41.5 Å². The van der Waals surface area contributed by atoms with Gasteiger partial charge in [-0.3, -0.25) is 0 Å². The molecule has 2 aromatic carbocycles. The van der Waals surface area contributed by atoms with Crippen LogP contribution in [0.15, 0.2) is 53.9 Å². The average molecular weight is 356 g/mol. The van der Waals surface area contributed by atoms with Gasteiger partial charge in [0.05, 0.1) is 0 Å². The van der Waals surface area contributed by atoms with E-state index in [4.69, 9.17) is 23.2 Å². The lowest BCUT2D eigenvalue weighted by molar-refractivity contribution is 0.475. The van der Waals surface area contributed by atoms with Crippen LogP contribution in [0.5, 0.6) is 0 Å². The lowest BCUT2D eigenvalue weighted by atomic mass is 10.2. The second kappa shape index (κ2) is 7.29. The zero-order valence-electron chi connectivity index (χ0n) is 11.9. The largest absolute Gasteiger partial charge is 0.236 e. The summed E-state index contributed by atoms with van der Waals surface area (Å²) in [6, 6.07) is 14.0. The third-order valence-corrected chi connectivity index (χ3v) is 5.04. The highest BCUT2D eigenvalue weighted by Crippen LogP contribution is 2.15. The molecule has 0 radical (unpaired) electrons. The van der Waals surface area contributed by atoms with E-state index in [1.807, 2.05) is 0 Å². The molecule has 116 valence electrons. The van der Waals surface area contributed by atoms with Gasteiger partial charge >= 0.3 is 0 Å². The molecule has 0 N–H and O–H groups in total. The summed E-state index contributed by atoms with van der Waals surface area (Å²) in [6.07, 6.45) is 1.55. The van der Waals surface area contributed by atoms with Crippen LogP contribution in [0, 0.1) is 0 Å². The number of hydrogen-bond acceptors (Lipinski definition) is 2. The van der Waals surface area contributed by atoms with Crippen LogP contribution in [0.4, 0.5) is 0 Å². The summed E-state index contributed by atoms with van der Waals surface area (Å²) in [4.78, 5) is 0. The minimum absolute atomic E-state index is 0.282. The van der Waals surface area contributed by atoms with Gasteiger partial charge in [-0.15, -0.1) is 0 Å². The Hall–Kier alpha value is -1.33. The van der Waals surface area contributed by atoms with Crippen molar-refractivity contribution in [3.63, 3.8) is 0 Å². The first-order valence-electron chi connectivity index (χ1n) is 6.51. The van der Waals surface area contributed by atoms with E-state index in [0.29, 0.717) is 10.0 Å². The highest BCUT2D eigenvalue weighted by molar-refractivity contribution is 7.92. The Morgan fingerprint density at radius 3 is 2.00 bits per heavy atom. The molecule has 0 heterocycles. The highest BCUT2D eigenvalue weighted by atomic mass is 35.5. The molecule has 0 aliphatic rings. The van der Waals surface area contributed by atoms with Crippen LogP contribution in [0.2, 0.25) is 10.0 Å². The fourth-order valence-electron chi connectivity index (χ4n) is 1.78. The summed E-state index contributed by atoms with van der Waals surface area (Å²) >= 11 is 11.6. The molecule has 0 aliphatic carbocycles. The van der Waals surface area contributed by atoms with Gasteiger partial charge in [-0.1, -0.05) is 47.5 Å². The Balaban J connectivity index is 2.08. The van der Waals surface area contributed by atoms with Crippen LogP contribution >= 0.6 is 23.2 Å². The van der Waals surface area contributed by atoms with Crippen molar-refractivity contribution in [1.29, 1.82) is 0 Å². The maximum atomic E-state index is 12.2. The average Bonchev–Trinajstić information content (AvgIpc) is 2.49. The number of sulfonamides is 1. The van der Waals surface area contributed by atoms with Crippen molar-refractivity contribution in [2.75, 3.05) is 7.05 Å². The molecular formula is C16H15Cl2NO2S. The SMILES string of the molecule is CN(Cc1ccc(Cl)cc1)S(=O)(=O)C=Cc1ccc(Cl)cc1. The Kier molecular flexibility index (Phi) is 5.64. The monoisotopic (exact) mass is 355 g/mol. The predicted octanol–water partition coefficient (Wildman–Crippen LogP) is 4.43. The van der Waals surface area contributed by atoms with Gasteiger partial charge in [-0.2, -0.15) is 4.31 Å². The number of halogens is 2. The van der Waals surface area contributed by atoms with Crippen molar-refractivity contribution in [3.05, 3.63) is 75.1 Å². The smallest absolute Gasteiger partial charge is 0.208 e. The van der Waals surface area contributed by atoms with Crippen LogP contribution in [0.3, 0.4) is 0 Å². The lowest BCUT2D eigenvalue weighted by Gasteiger charge is -2.14. The quantitative estimate of drug-likeness (QED) is 0.795. The number of rotatable bonds is 5. The van der Waals surface area contributed by atoms with Crippen molar-refractivity contribution < 1.29 is 8.42 Å². The van der Waals surface area contributed by atoms with E-state index in [1.54, 1.807) is 54.6 Å². The topological polar surface area (TPSA) is 37.4 Å². The van der Waals surface area contributed by atoms with Gasteiger partial charge in [-0.25, -0.2) is 8.42 Å². The van der Waals surface area contributed by atoms with E-state index in [1.165, 1.54) is 16.8 Å². The van der Waals surface area contributed by atoms with Crippen molar-refractivity contribution in [1.82, 2.24) is 4.31 Å². The molecular weight excluding hydrogens is 341 g/mol. The summed E-state index contributed by atoms with van der Waals surface area (Å²) in [6.45, 7) is 0.282. The fourth-order valence-corrected chi connectivity index (χ4v) is 2.90. The van der Waals surface area contributed by atoms with Crippen molar-refractivity contribution in [3.8, 4) is 0 Å². The second-order valence-corrected chi connectivity index (χ2v) is 7.58. The van der Waals surface area contributed by atoms with Crippen molar-refractivity contribution >= 4 is 39.3 Å². The first-order chi connectivity index (χ1) is 10.4. The Bertz CT molecular complexity index is 754. The Morgan fingerprint density at radius 1 is 0.955 bits per heavy atom. The van der Waals surface area contributed by atoms with E-state index in [2.05, 4.69) is 0 Å². The molecule has 0 unspecified atom stereocenters. The molecule has 6 heteroatoms. The van der Waals surface area contributed by atoms with E-state index in [-0.39, 0.29) is 6.54 Å². The van der Waals surface area contributed by atoms with Crippen molar-refractivity contribution in [2.45, 2.75) is 6.54 Å². The molecule has 22 heavy (non-hydrogen) atoms. The third kappa shape index (κ3) is 4.85. The highest BCUT2D eigenvalue weighted by Gasteiger charge is 2.14. The molecule has 0 atom stereocenters. The predicted molar refractivity (Wildman–Crippen MR) is 92.3 cm³/mol. The zero-order valence-corrected chi connectivity index (χ0v) is 14.2. The molecule has 2 aromatic rings. The van der Waals surface area contributed by atoms with Crippen molar-refractivity contribution in [2.24, 2.45) is 0 Å². The number of nitrogens with zero attached hydrogens (tertiary/aromatic N) is 1. The third-order valence-electron chi connectivity index (χ3n) is 3.06. The van der Waals surface area contributed by atoms with E-state index in [0.717, 1.165) is 11.1 Å². The summed E-state index contributed by atoms with van der Waals surface area (Å²) < 4.78 is 25.7. The molecule has 0 saturated carbocycles. The maximum Gasteiger partial charge on any atom is 0.236 e. The van der Waals surface area contributed by atoms with E-state index >= 15 is 0 Å². The van der Waals surface area contributed by atoms with Crippen LogP contribution in [-0.2, 0) is 16.6 Å². The van der Waals surface area contributed by atoms with Crippen LogP contribution in [0.25, 0.3) is 6.08 Å². The van der Waals surface area contributed by atoms with Gasteiger partial charge in [0, 0.05) is 29.0 Å². The summed E-state index contributed by atoms with van der Waals surface area (Å²) in [5.41, 5.74) is 1.64. The van der Waals surface area contributed by atoms with Gasteiger partial charge in [0.25, 0.3) is 0 Å². The maximum absolute atomic E-state index is 12.2. The van der Waals surface area contributed by atoms with Gasteiger partial charge in [0.2, 0.25) is 10.0 Å². The molecule has 0 aromatic heterocycles. The Morgan fingerprint density at radius 2 is 1.45 bits per heavy atom. The number of hydrogen-bond donors (Lipinski definition) is 0. The molecule has 3 nitrogen and oxygen atoms in total. The van der Waals surface area contributed by atoms with Gasteiger partial charge in [0.1, 0.15) is 0 Å². The molecule has 0 bridgehead atoms. The molecule has 0 fully saturated rings. The van der Waals surface area contributed by atoms with Gasteiger partial charge < -0.3 is 0 Å². The van der Waals surface area contributed by atoms with E-state index < -0.39 is 10.0 Å². The van der Waals surface area contributed by atoms with Crippen LogP contribution in [-0.4, -0.2) is 19.8 Å². The molecule has 0 spiro atoms. The molecule has 2 rings (SSSR count). The lowest BCUT2D eigenvalue weighted by Crippen LogP contribution is -2.24. The summed E-state index contributed by atoms with van der Waals surface area (Å²) in [5.74, 6) is 0. The number of benzene rings is 2. The Labute approximate surface area is 140 Å². The minimum Gasteiger partial charge on any atom is -0.208 e. The normalized spacial score (nSPS) is 12.2. The van der Waals surface area contributed by atoms with E-state index in [9.17, 15) is 8.42 Å². The van der Waals surface area contributed by atoms with Crippen LogP contribution < -0.4 is 0 Å². The minimum atomic E-state index is -3.49. The van der Waals surface area contributed by atoms with Gasteiger partial charge in [0.15, 0.2) is 0 Å². The fraction of sp³-hybridized carbons (Fsp3) is 0.125. The second-order valence-electron chi connectivity index (χ2n) is 4.78. The summed E-state index contributed by atoms with van der Waals surface area (Å²) in [5, 5.41) is 2.42. The molecule has 0 aliphatic heterocycles. The molecule has 0 amide bonds. The summed E-state index contributed by atoms with van der Waals surface area (Å²) in [7, 11) is -1.95. The first-order valence-corrected chi connectivity index (χ1v) is 8.77.